The molecule has 16 nitrogen and oxygen atoms in total. The Balaban J connectivity index is 1.78. The van der Waals surface area contributed by atoms with Gasteiger partial charge >= 0.3 is 0 Å². The quantitative estimate of drug-likeness (QED) is 0.130. The Labute approximate surface area is 259 Å². The summed E-state index contributed by atoms with van der Waals surface area (Å²) in [6.07, 6.45) is 0. The first kappa shape index (κ1) is 31.4. The summed E-state index contributed by atoms with van der Waals surface area (Å²) in [4.78, 5) is 8.31. The summed E-state index contributed by atoms with van der Waals surface area (Å²) in [5, 5.41) is 0. The number of benzene rings is 4. The summed E-state index contributed by atoms with van der Waals surface area (Å²) < 4.78 is 143. The molecule has 6 rings (SSSR count). The Kier molecular flexibility index (Phi) is 7.18. The minimum atomic E-state index is -5.62. The van der Waals surface area contributed by atoms with Gasteiger partial charge in [-0.2, -0.15) is 33.7 Å². The standard InChI is InChI=1S/C26H18N4O12S4/c31-43(32,33)19-9-13(25-27-15-5-1-2-6-16(15)28-25)10-20(44(34,35)36)23(19)24-21(45(37,38)39)11-14(12-22(24)46(40,41)42)26-29-17-7-3-4-8-18(17)30-26/h1-12H,(H,27,28)(H,29,30)(H,31,32,33)(H,34,35,36)(H,37,38,39)(H,40,41,42). The van der Waals surface area contributed by atoms with E-state index >= 15 is 0 Å². The van der Waals surface area contributed by atoms with Crippen molar-refractivity contribution in [1.82, 2.24) is 19.9 Å². The lowest BCUT2D eigenvalue weighted by molar-refractivity contribution is 0.474. The molecule has 0 atom stereocenters. The van der Waals surface area contributed by atoms with E-state index in [2.05, 4.69) is 19.9 Å². The highest BCUT2D eigenvalue weighted by atomic mass is 32.2. The molecule has 46 heavy (non-hydrogen) atoms. The number of rotatable bonds is 7. The largest absolute Gasteiger partial charge is 0.338 e. The van der Waals surface area contributed by atoms with E-state index in [4.69, 9.17) is 0 Å². The lowest BCUT2D eigenvalue weighted by Crippen LogP contribution is -2.14. The van der Waals surface area contributed by atoms with Crippen molar-refractivity contribution in [2.24, 2.45) is 0 Å². The van der Waals surface area contributed by atoms with Crippen LogP contribution in [0.15, 0.2) is 92.4 Å². The average molecular weight is 707 g/mol. The summed E-state index contributed by atoms with van der Waals surface area (Å²) in [7, 11) is -22.5. The van der Waals surface area contributed by atoms with E-state index in [1.807, 2.05) is 0 Å². The van der Waals surface area contributed by atoms with Gasteiger partial charge in [-0.25, -0.2) is 9.97 Å². The van der Waals surface area contributed by atoms with E-state index < -0.39 is 71.2 Å². The predicted octanol–water partition coefficient (Wildman–Crippen LogP) is 3.43. The van der Waals surface area contributed by atoms with E-state index in [1.54, 1.807) is 48.5 Å². The summed E-state index contributed by atoms with van der Waals surface area (Å²) in [6.45, 7) is 0. The Morgan fingerprint density at radius 3 is 1.00 bits per heavy atom. The van der Waals surface area contributed by atoms with Crippen LogP contribution >= 0.6 is 0 Å². The molecule has 6 aromatic rings. The fourth-order valence-electron chi connectivity index (χ4n) is 4.94. The molecule has 20 heteroatoms. The molecule has 0 radical (unpaired) electrons. The number of fused-ring (bicyclic) bond motifs is 2. The molecule has 2 aromatic heterocycles. The summed E-state index contributed by atoms with van der Waals surface area (Å²) in [6, 6.07) is 15.3. The fourth-order valence-corrected chi connectivity index (χ4v) is 8.05. The Morgan fingerprint density at radius 1 is 0.457 bits per heavy atom. The number of nitrogens with one attached hydrogen (secondary N) is 2. The molecule has 0 spiro atoms. The molecule has 0 bridgehead atoms. The highest BCUT2D eigenvalue weighted by molar-refractivity contribution is 7.87. The molecule has 2 heterocycles. The van der Waals surface area contributed by atoms with Gasteiger partial charge < -0.3 is 9.97 Å². The average Bonchev–Trinajstić information content (AvgIpc) is 3.58. The highest BCUT2D eigenvalue weighted by Gasteiger charge is 2.36. The lowest BCUT2D eigenvalue weighted by Gasteiger charge is -2.19. The van der Waals surface area contributed by atoms with E-state index in [0.717, 1.165) is 0 Å². The Hall–Kier alpha value is -4.54. The first-order valence-electron chi connectivity index (χ1n) is 12.5. The second-order valence-electron chi connectivity index (χ2n) is 9.80. The number of H-pyrrole nitrogens is 2. The predicted molar refractivity (Wildman–Crippen MR) is 161 cm³/mol. The zero-order valence-corrected chi connectivity index (χ0v) is 25.8. The first-order chi connectivity index (χ1) is 21.3. The van der Waals surface area contributed by atoms with Gasteiger partial charge in [-0.15, -0.1) is 0 Å². The molecule has 0 fully saturated rings. The van der Waals surface area contributed by atoms with Crippen molar-refractivity contribution in [3.05, 3.63) is 72.8 Å². The normalized spacial score (nSPS) is 13.0. The van der Waals surface area contributed by atoms with Gasteiger partial charge in [-0.1, -0.05) is 24.3 Å². The molecule has 4 aromatic carbocycles. The minimum absolute atomic E-state index is 0.173. The molecule has 238 valence electrons. The van der Waals surface area contributed by atoms with E-state index in [0.29, 0.717) is 46.3 Å². The van der Waals surface area contributed by atoms with E-state index in [9.17, 15) is 51.9 Å². The van der Waals surface area contributed by atoms with Crippen molar-refractivity contribution < 1.29 is 51.9 Å². The van der Waals surface area contributed by atoms with Crippen molar-refractivity contribution in [2.45, 2.75) is 19.6 Å². The highest BCUT2D eigenvalue weighted by Crippen LogP contribution is 2.45. The third kappa shape index (κ3) is 5.67. The second-order valence-corrected chi connectivity index (χ2v) is 15.4. The molecule has 0 unspecified atom stereocenters. The number of nitrogens with zero attached hydrogens (tertiary/aromatic N) is 2. The van der Waals surface area contributed by atoms with Gasteiger partial charge in [0.2, 0.25) is 0 Å². The topological polar surface area (TPSA) is 275 Å². The number of para-hydroxylation sites is 4. The molecule has 0 aliphatic heterocycles. The van der Waals surface area contributed by atoms with Crippen molar-refractivity contribution in [2.75, 3.05) is 0 Å². The van der Waals surface area contributed by atoms with Gasteiger partial charge in [0, 0.05) is 22.3 Å². The van der Waals surface area contributed by atoms with Crippen LogP contribution in [0.1, 0.15) is 0 Å². The Bertz CT molecular complexity index is 2340. The van der Waals surface area contributed by atoms with Crippen LogP contribution in [0.25, 0.3) is 56.0 Å². The zero-order chi connectivity index (χ0) is 33.4. The van der Waals surface area contributed by atoms with Gasteiger partial charge in [0.05, 0.1) is 22.1 Å². The summed E-state index contributed by atoms with van der Waals surface area (Å²) in [5.41, 5.74) is -2.05. The maximum atomic E-state index is 12.8. The maximum absolute atomic E-state index is 12.8. The van der Waals surface area contributed by atoms with Gasteiger partial charge in [-0.3, -0.25) is 18.2 Å². The van der Waals surface area contributed by atoms with Crippen LogP contribution in [0, 0.1) is 0 Å². The molecule has 0 saturated carbocycles. The molecule has 6 N–H and O–H groups in total. The van der Waals surface area contributed by atoms with Crippen LogP contribution in [-0.2, 0) is 40.5 Å². The van der Waals surface area contributed by atoms with Gasteiger partial charge in [0.1, 0.15) is 31.2 Å². The summed E-state index contributed by atoms with van der Waals surface area (Å²) >= 11 is 0. The molecule has 0 aliphatic rings. The van der Waals surface area contributed by atoms with Crippen molar-refractivity contribution in [3.63, 3.8) is 0 Å². The van der Waals surface area contributed by atoms with Gasteiger partial charge in [0.25, 0.3) is 40.5 Å². The van der Waals surface area contributed by atoms with Crippen molar-refractivity contribution in [3.8, 4) is 33.9 Å². The SMILES string of the molecule is O=S(=O)(O)c1cc(-c2nc3ccccc3[nH]2)cc(S(=O)(=O)O)c1-c1c(S(=O)(=O)O)cc(-c2nc3ccccc3[nH]2)cc1S(=O)(=O)O. The second kappa shape index (κ2) is 10.5. The summed E-state index contributed by atoms with van der Waals surface area (Å²) in [5.74, 6) is -0.347. The van der Waals surface area contributed by atoms with E-state index in [1.165, 1.54) is 0 Å². The van der Waals surface area contributed by atoms with Crippen LogP contribution in [-0.4, -0.2) is 71.8 Å². The minimum Gasteiger partial charge on any atom is -0.338 e. The maximum Gasteiger partial charge on any atom is 0.295 e. The number of hydrogen-bond acceptors (Lipinski definition) is 10. The Morgan fingerprint density at radius 2 is 0.739 bits per heavy atom. The first-order valence-corrected chi connectivity index (χ1v) is 18.2. The molecule has 0 aliphatic carbocycles. The van der Waals surface area contributed by atoms with Crippen LogP contribution in [0.2, 0.25) is 0 Å². The number of aromatic amines is 2. The molecule has 0 amide bonds. The monoisotopic (exact) mass is 706 g/mol. The van der Waals surface area contributed by atoms with E-state index in [-0.39, 0.29) is 22.8 Å². The fraction of sp³-hybridized carbons (Fsp3) is 0. The molecular formula is C26H18N4O12S4. The van der Waals surface area contributed by atoms with Gasteiger partial charge in [-0.05, 0) is 48.5 Å². The van der Waals surface area contributed by atoms with Crippen LogP contribution < -0.4 is 0 Å². The molecule has 0 saturated heterocycles. The lowest BCUT2D eigenvalue weighted by atomic mass is 10.0. The third-order valence-corrected chi connectivity index (χ3v) is 10.3. The molecular weight excluding hydrogens is 689 g/mol. The van der Waals surface area contributed by atoms with Crippen LogP contribution in [0.4, 0.5) is 0 Å². The van der Waals surface area contributed by atoms with Crippen molar-refractivity contribution in [1.29, 1.82) is 0 Å². The zero-order valence-electron chi connectivity index (χ0n) is 22.5. The van der Waals surface area contributed by atoms with Crippen molar-refractivity contribution >= 4 is 62.5 Å². The third-order valence-electron chi connectivity index (χ3n) is 6.82. The number of aromatic nitrogens is 4. The van der Waals surface area contributed by atoms with Crippen LogP contribution in [0.5, 0.6) is 0 Å². The van der Waals surface area contributed by atoms with Crippen LogP contribution in [0.3, 0.4) is 0 Å². The van der Waals surface area contributed by atoms with Gasteiger partial charge in [0.15, 0.2) is 0 Å². The smallest absolute Gasteiger partial charge is 0.295 e. The number of imidazole rings is 2. The number of hydrogen-bond donors (Lipinski definition) is 6.